The molecule has 8 heteroatoms. The van der Waals surface area contributed by atoms with Crippen LogP contribution < -0.4 is 9.47 Å². The van der Waals surface area contributed by atoms with E-state index in [1.165, 1.54) is 48.6 Å². The van der Waals surface area contributed by atoms with Gasteiger partial charge in [0.2, 0.25) is 5.78 Å². The van der Waals surface area contributed by atoms with Gasteiger partial charge < -0.3 is 23.9 Å². The van der Waals surface area contributed by atoms with E-state index in [1.54, 1.807) is 25.3 Å². The lowest BCUT2D eigenvalue weighted by Gasteiger charge is -2.27. The number of methoxy groups -OCH3 is 2. The molecule has 1 amide bonds. The Kier molecular flexibility index (Phi) is 6.17. The molecule has 1 aliphatic heterocycles. The molecule has 3 aromatic rings. The molecule has 1 aromatic heterocycles. The number of carbonyl (C=O) groups excluding carboxylic acids is 2. The van der Waals surface area contributed by atoms with Crippen LogP contribution in [0.5, 0.6) is 11.5 Å². The molecule has 1 N–H and O–H groups in total. The molecular formula is C25H22FNO6. The van der Waals surface area contributed by atoms with Crippen LogP contribution in [0, 0.1) is 5.82 Å². The average molecular weight is 451 g/mol. The first-order valence-corrected chi connectivity index (χ1v) is 10.2. The van der Waals surface area contributed by atoms with Crippen molar-refractivity contribution < 1.29 is 33.0 Å². The van der Waals surface area contributed by atoms with Crippen molar-refractivity contribution in [2.45, 2.75) is 12.5 Å². The van der Waals surface area contributed by atoms with Crippen molar-refractivity contribution in [3.8, 4) is 11.5 Å². The maximum absolute atomic E-state index is 13.6. The summed E-state index contributed by atoms with van der Waals surface area (Å²) in [5.41, 5.74) is 1.26. The summed E-state index contributed by atoms with van der Waals surface area (Å²) in [7, 11) is 3.07. The van der Waals surface area contributed by atoms with Crippen molar-refractivity contribution in [1.29, 1.82) is 0 Å². The number of ketones is 1. The lowest BCUT2D eigenvalue weighted by atomic mass is 9.95. The van der Waals surface area contributed by atoms with Gasteiger partial charge >= 0.3 is 0 Å². The molecule has 4 rings (SSSR count). The molecule has 2 heterocycles. The first-order valence-electron chi connectivity index (χ1n) is 10.2. The number of rotatable bonds is 8. The number of furan rings is 1. The minimum atomic E-state index is -0.893. The van der Waals surface area contributed by atoms with Crippen molar-refractivity contribution in [3.05, 3.63) is 94.9 Å². The van der Waals surface area contributed by atoms with Crippen LogP contribution in [0.4, 0.5) is 4.39 Å². The van der Waals surface area contributed by atoms with Gasteiger partial charge in [-0.15, -0.1) is 0 Å². The first kappa shape index (κ1) is 22.1. The number of hydrogen-bond donors (Lipinski definition) is 1. The number of ether oxygens (including phenoxy) is 2. The molecule has 1 aliphatic rings. The van der Waals surface area contributed by atoms with Gasteiger partial charge in [0.25, 0.3) is 5.91 Å². The molecule has 0 saturated carbocycles. The van der Waals surface area contributed by atoms with Crippen molar-refractivity contribution in [3.63, 3.8) is 0 Å². The summed E-state index contributed by atoms with van der Waals surface area (Å²) < 4.78 is 29.3. The van der Waals surface area contributed by atoms with Crippen LogP contribution in [-0.4, -0.2) is 42.5 Å². The summed E-state index contributed by atoms with van der Waals surface area (Å²) in [6, 6.07) is 13.0. The van der Waals surface area contributed by atoms with Crippen LogP contribution in [0.25, 0.3) is 0 Å². The van der Waals surface area contributed by atoms with Crippen LogP contribution in [0.2, 0.25) is 0 Å². The molecule has 33 heavy (non-hydrogen) atoms. The normalized spacial score (nSPS) is 15.8. The fraction of sp³-hybridized carbons (Fsp3) is 0.200. The number of nitrogens with zero attached hydrogens (tertiary/aromatic N) is 1. The molecule has 0 bridgehead atoms. The molecule has 0 saturated heterocycles. The zero-order valence-corrected chi connectivity index (χ0v) is 18.1. The molecule has 0 spiro atoms. The predicted molar refractivity (Wildman–Crippen MR) is 117 cm³/mol. The van der Waals surface area contributed by atoms with Gasteiger partial charge in [0.15, 0.2) is 23.0 Å². The molecule has 0 unspecified atom stereocenters. The van der Waals surface area contributed by atoms with Crippen molar-refractivity contribution >= 4 is 11.7 Å². The van der Waals surface area contributed by atoms with Gasteiger partial charge in [-0.05, 0) is 53.9 Å². The number of carbonyl (C=O) groups is 2. The van der Waals surface area contributed by atoms with Crippen LogP contribution >= 0.6 is 0 Å². The predicted octanol–water partition coefficient (Wildman–Crippen LogP) is 4.26. The van der Waals surface area contributed by atoms with E-state index in [0.717, 1.165) is 5.56 Å². The summed E-state index contributed by atoms with van der Waals surface area (Å²) in [6.45, 7) is 0.190. The molecule has 0 aliphatic carbocycles. The van der Waals surface area contributed by atoms with Gasteiger partial charge in [-0.25, -0.2) is 4.39 Å². The molecule has 0 fully saturated rings. The zero-order chi connectivity index (χ0) is 23.5. The number of halogens is 1. The van der Waals surface area contributed by atoms with E-state index in [-0.39, 0.29) is 17.9 Å². The van der Waals surface area contributed by atoms with E-state index in [4.69, 9.17) is 13.9 Å². The van der Waals surface area contributed by atoms with E-state index in [2.05, 4.69) is 0 Å². The second-order valence-corrected chi connectivity index (χ2v) is 7.46. The van der Waals surface area contributed by atoms with E-state index < -0.39 is 29.3 Å². The topological polar surface area (TPSA) is 89.2 Å². The van der Waals surface area contributed by atoms with Crippen molar-refractivity contribution in [2.75, 3.05) is 20.8 Å². The number of amides is 1. The smallest absolute Gasteiger partial charge is 0.290 e. The Morgan fingerprint density at radius 1 is 1.09 bits per heavy atom. The van der Waals surface area contributed by atoms with Crippen LogP contribution in [0.3, 0.4) is 0 Å². The first-order chi connectivity index (χ1) is 15.9. The Morgan fingerprint density at radius 3 is 2.45 bits per heavy atom. The lowest BCUT2D eigenvalue weighted by Crippen LogP contribution is -2.33. The molecule has 0 radical (unpaired) electrons. The highest BCUT2D eigenvalue weighted by atomic mass is 19.1. The summed E-state index contributed by atoms with van der Waals surface area (Å²) in [5, 5.41) is 10.6. The molecule has 2 aromatic carbocycles. The number of benzene rings is 2. The minimum Gasteiger partial charge on any atom is -0.503 e. The second kappa shape index (κ2) is 9.20. The maximum Gasteiger partial charge on any atom is 0.290 e. The Labute approximate surface area is 189 Å². The minimum absolute atomic E-state index is 0.00166. The summed E-state index contributed by atoms with van der Waals surface area (Å²) in [5.74, 6) is -1.25. The Morgan fingerprint density at radius 2 is 1.82 bits per heavy atom. The van der Waals surface area contributed by atoms with Crippen molar-refractivity contribution in [1.82, 2.24) is 4.90 Å². The highest BCUT2D eigenvalue weighted by Gasteiger charge is 2.44. The molecule has 1 atom stereocenters. The van der Waals surface area contributed by atoms with Gasteiger partial charge in [-0.2, -0.15) is 0 Å². The quantitative estimate of drug-likeness (QED) is 0.515. The average Bonchev–Trinajstić information content (AvgIpc) is 3.45. The lowest BCUT2D eigenvalue weighted by molar-refractivity contribution is -0.129. The number of Topliss-reactive ketones (excluding diaryl/α,β-unsaturated/α-hetero) is 1. The third kappa shape index (κ3) is 4.19. The summed E-state index contributed by atoms with van der Waals surface area (Å²) in [4.78, 5) is 27.5. The number of aliphatic hydroxyl groups excluding tert-OH is 1. The summed E-state index contributed by atoms with van der Waals surface area (Å²) in [6.07, 6.45) is 1.75. The Hall–Kier alpha value is -4.07. The van der Waals surface area contributed by atoms with E-state index >= 15 is 0 Å². The SMILES string of the molecule is COc1ccc(CCN2C(=O)C(O)=C(C(=O)c3ccco3)[C@@H]2c2ccc(F)cc2)cc1OC. The third-order valence-electron chi connectivity index (χ3n) is 5.57. The standard InChI is InChI=1S/C25H22FNO6/c1-31-18-10-5-15(14-20(18)32-2)11-12-27-22(16-6-8-17(26)9-7-16)21(24(29)25(27)30)23(28)19-4-3-13-33-19/h3-10,13-14,22,29H,11-12H2,1-2H3/t22-/m0/s1. The fourth-order valence-corrected chi connectivity index (χ4v) is 3.93. The van der Waals surface area contributed by atoms with Crippen LogP contribution in [0.15, 0.2) is 76.6 Å². The largest absolute Gasteiger partial charge is 0.503 e. The maximum atomic E-state index is 13.6. The monoisotopic (exact) mass is 451 g/mol. The van der Waals surface area contributed by atoms with Crippen LogP contribution in [-0.2, 0) is 11.2 Å². The third-order valence-corrected chi connectivity index (χ3v) is 5.57. The van der Waals surface area contributed by atoms with E-state index in [9.17, 15) is 19.1 Å². The highest BCUT2D eigenvalue weighted by Crippen LogP contribution is 2.39. The van der Waals surface area contributed by atoms with Gasteiger partial charge in [0.1, 0.15) is 5.82 Å². The van der Waals surface area contributed by atoms with Crippen LogP contribution in [0.1, 0.15) is 27.7 Å². The zero-order valence-electron chi connectivity index (χ0n) is 18.1. The fourth-order valence-electron chi connectivity index (χ4n) is 3.93. The molecule has 170 valence electrons. The Balaban J connectivity index is 1.67. The van der Waals surface area contributed by atoms with Gasteiger partial charge in [-0.1, -0.05) is 18.2 Å². The van der Waals surface area contributed by atoms with E-state index in [0.29, 0.717) is 23.5 Å². The molecule has 7 nitrogen and oxygen atoms in total. The summed E-state index contributed by atoms with van der Waals surface area (Å²) >= 11 is 0. The van der Waals surface area contributed by atoms with Gasteiger partial charge in [0.05, 0.1) is 32.1 Å². The Bertz CT molecular complexity index is 1200. The van der Waals surface area contributed by atoms with Crippen molar-refractivity contribution in [2.24, 2.45) is 0 Å². The number of aliphatic hydroxyl groups is 1. The molecular weight excluding hydrogens is 429 g/mol. The highest BCUT2D eigenvalue weighted by molar-refractivity contribution is 6.15. The van der Waals surface area contributed by atoms with Gasteiger partial charge in [-0.3, -0.25) is 9.59 Å². The number of hydrogen-bond acceptors (Lipinski definition) is 6. The van der Waals surface area contributed by atoms with E-state index in [1.807, 2.05) is 6.07 Å². The second-order valence-electron chi connectivity index (χ2n) is 7.46. The van der Waals surface area contributed by atoms with Gasteiger partial charge in [0, 0.05) is 6.54 Å².